The molecule has 1 heterocycles. The average molecular weight is 435 g/mol. The van der Waals surface area contributed by atoms with Crippen LogP contribution in [0.4, 0.5) is 0 Å². The minimum absolute atomic E-state index is 0.0153. The zero-order valence-electron chi connectivity index (χ0n) is 15.5. The summed E-state index contributed by atoms with van der Waals surface area (Å²) in [4.78, 5) is 0.0153. The fraction of sp³-hybridized carbons (Fsp3) is 0. The molecule has 1 aromatic heterocycles. The van der Waals surface area contributed by atoms with Crippen LogP contribution in [0.25, 0.3) is 28.2 Å². The molecule has 0 spiro atoms. The third-order valence-corrected chi connectivity index (χ3v) is 5.76. The molecule has 0 aliphatic rings. The van der Waals surface area contributed by atoms with Gasteiger partial charge in [0.05, 0.1) is 33.6 Å². The largest absolute Gasteiger partial charge is 0.238 e. The highest BCUT2D eigenvalue weighted by Gasteiger charge is 2.16. The number of nitrogens with zero attached hydrogens (tertiary/aromatic N) is 3. The minimum atomic E-state index is -3.80. The molecule has 3 aromatic carbocycles. The molecule has 0 unspecified atom stereocenters. The van der Waals surface area contributed by atoms with E-state index in [1.165, 1.54) is 12.1 Å². The Hall–Kier alpha value is -3.44. The average Bonchev–Trinajstić information content (AvgIpc) is 3.19. The van der Waals surface area contributed by atoms with E-state index in [4.69, 9.17) is 21.8 Å². The first-order valence-corrected chi connectivity index (χ1v) is 10.8. The van der Waals surface area contributed by atoms with Gasteiger partial charge in [-0.25, -0.2) is 18.2 Å². The van der Waals surface area contributed by atoms with Gasteiger partial charge in [-0.15, -0.1) is 0 Å². The second-order valence-electron chi connectivity index (χ2n) is 6.53. The smallest absolute Gasteiger partial charge is 0.232 e. The molecule has 8 heteroatoms. The van der Waals surface area contributed by atoms with E-state index in [0.29, 0.717) is 27.5 Å². The number of rotatable bonds is 4. The van der Waals surface area contributed by atoms with Crippen molar-refractivity contribution in [3.63, 3.8) is 0 Å². The number of hydrogen-bond donors (Lipinski definition) is 1. The van der Waals surface area contributed by atoms with Gasteiger partial charge in [-0.3, -0.25) is 0 Å². The molecule has 0 radical (unpaired) electrons. The standard InChI is InChI=1S/C22H15ClN4O2S/c23-17-7-5-15(6-8-17)22-13-21(20-4-2-1-3-16(20)14-24)26-27(22)18-9-11-19(12-10-18)30(25,28)29/h1-13H,(H2,25,28,29). The number of aromatic nitrogens is 2. The van der Waals surface area contributed by atoms with Gasteiger partial charge in [-0.2, -0.15) is 10.4 Å². The molecule has 0 fully saturated rings. The molecule has 0 amide bonds. The fourth-order valence-electron chi connectivity index (χ4n) is 3.12. The van der Waals surface area contributed by atoms with Crippen LogP contribution in [0.5, 0.6) is 0 Å². The predicted molar refractivity (Wildman–Crippen MR) is 116 cm³/mol. The van der Waals surface area contributed by atoms with Gasteiger partial charge in [-0.05, 0) is 48.5 Å². The van der Waals surface area contributed by atoms with Crippen molar-refractivity contribution < 1.29 is 8.42 Å². The van der Waals surface area contributed by atoms with Crippen molar-refractivity contribution in [3.8, 4) is 34.3 Å². The van der Waals surface area contributed by atoms with Crippen LogP contribution in [-0.2, 0) is 10.0 Å². The molecule has 6 nitrogen and oxygen atoms in total. The van der Waals surface area contributed by atoms with Gasteiger partial charge >= 0.3 is 0 Å². The quantitative estimate of drug-likeness (QED) is 0.514. The number of hydrogen-bond acceptors (Lipinski definition) is 4. The van der Waals surface area contributed by atoms with Crippen molar-refractivity contribution in [2.75, 3.05) is 0 Å². The molecule has 0 atom stereocenters. The summed E-state index contributed by atoms with van der Waals surface area (Å²) in [6.07, 6.45) is 0. The number of primary sulfonamides is 1. The Morgan fingerprint density at radius 3 is 2.27 bits per heavy atom. The monoisotopic (exact) mass is 434 g/mol. The van der Waals surface area contributed by atoms with E-state index in [1.807, 2.05) is 30.3 Å². The van der Waals surface area contributed by atoms with E-state index >= 15 is 0 Å². The summed E-state index contributed by atoms with van der Waals surface area (Å²) in [7, 11) is -3.80. The highest BCUT2D eigenvalue weighted by molar-refractivity contribution is 7.89. The third kappa shape index (κ3) is 3.84. The zero-order chi connectivity index (χ0) is 21.3. The Balaban J connectivity index is 1.91. The van der Waals surface area contributed by atoms with Crippen LogP contribution in [0.15, 0.2) is 83.8 Å². The van der Waals surface area contributed by atoms with Crippen LogP contribution >= 0.6 is 11.6 Å². The van der Waals surface area contributed by atoms with Gasteiger partial charge in [0.2, 0.25) is 10.0 Å². The maximum Gasteiger partial charge on any atom is 0.238 e. The molecule has 0 aliphatic heterocycles. The van der Waals surface area contributed by atoms with Gasteiger partial charge in [0.1, 0.15) is 0 Å². The van der Waals surface area contributed by atoms with Crippen LogP contribution in [0.3, 0.4) is 0 Å². The number of nitriles is 1. The van der Waals surface area contributed by atoms with Gasteiger partial charge in [0.25, 0.3) is 0 Å². The van der Waals surface area contributed by atoms with Crippen molar-refractivity contribution in [3.05, 3.63) is 89.4 Å². The Labute approximate surface area is 178 Å². The lowest BCUT2D eigenvalue weighted by atomic mass is 10.0. The van der Waals surface area contributed by atoms with Crippen molar-refractivity contribution >= 4 is 21.6 Å². The Morgan fingerprint density at radius 1 is 0.967 bits per heavy atom. The molecule has 4 aromatic rings. The number of nitrogens with two attached hydrogens (primary N) is 1. The molecule has 0 aliphatic carbocycles. The molecule has 148 valence electrons. The van der Waals surface area contributed by atoms with E-state index in [2.05, 4.69) is 6.07 Å². The molecular weight excluding hydrogens is 420 g/mol. The fourth-order valence-corrected chi connectivity index (χ4v) is 3.76. The number of halogens is 1. The van der Waals surface area contributed by atoms with E-state index in [9.17, 15) is 13.7 Å². The summed E-state index contributed by atoms with van der Waals surface area (Å²) >= 11 is 6.03. The van der Waals surface area contributed by atoms with Gasteiger partial charge < -0.3 is 0 Å². The van der Waals surface area contributed by atoms with Crippen LogP contribution in [-0.4, -0.2) is 18.2 Å². The van der Waals surface area contributed by atoms with Crippen LogP contribution in [0.2, 0.25) is 5.02 Å². The lowest BCUT2D eigenvalue weighted by Crippen LogP contribution is -2.12. The van der Waals surface area contributed by atoms with Crippen LogP contribution < -0.4 is 5.14 Å². The van der Waals surface area contributed by atoms with Gasteiger partial charge in [0.15, 0.2) is 0 Å². The molecule has 0 bridgehead atoms. The number of sulfonamides is 1. The maximum atomic E-state index is 11.6. The van der Waals surface area contributed by atoms with Crippen molar-refractivity contribution in [2.24, 2.45) is 5.14 Å². The molecule has 0 saturated carbocycles. The second kappa shape index (κ2) is 7.76. The molecular formula is C22H15ClN4O2S. The first-order valence-electron chi connectivity index (χ1n) is 8.85. The number of benzene rings is 3. The highest BCUT2D eigenvalue weighted by Crippen LogP contribution is 2.31. The maximum absolute atomic E-state index is 11.6. The normalized spacial score (nSPS) is 11.2. The third-order valence-electron chi connectivity index (χ3n) is 4.58. The van der Waals surface area contributed by atoms with E-state index in [-0.39, 0.29) is 4.90 Å². The Morgan fingerprint density at radius 2 is 1.63 bits per heavy atom. The highest BCUT2D eigenvalue weighted by atomic mass is 35.5. The molecule has 4 rings (SSSR count). The van der Waals surface area contributed by atoms with Gasteiger partial charge in [0, 0.05) is 16.1 Å². The Bertz CT molecular complexity index is 1370. The lowest BCUT2D eigenvalue weighted by Gasteiger charge is -2.08. The van der Waals surface area contributed by atoms with Crippen LogP contribution in [0.1, 0.15) is 5.56 Å². The van der Waals surface area contributed by atoms with E-state index < -0.39 is 10.0 Å². The lowest BCUT2D eigenvalue weighted by molar-refractivity contribution is 0.598. The van der Waals surface area contributed by atoms with Gasteiger partial charge in [-0.1, -0.05) is 41.9 Å². The predicted octanol–water partition coefficient (Wildman–Crippen LogP) is 4.38. The topological polar surface area (TPSA) is 102 Å². The van der Waals surface area contributed by atoms with Crippen molar-refractivity contribution in [1.29, 1.82) is 5.26 Å². The van der Waals surface area contributed by atoms with Crippen LogP contribution in [0, 0.1) is 11.3 Å². The Kier molecular flexibility index (Phi) is 5.14. The zero-order valence-corrected chi connectivity index (χ0v) is 17.1. The minimum Gasteiger partial charge on any atom is -0.232 e. The first kappa shape index (κ1) is 19.9. The van der Waals surface area contributed by atoms with E-state index in [1.54, 1.807) is 41.1 Å². The first-order chi connectivity index (χ1) is 14.4. The summed E-state index contributed by atoms with van der Waals surface area (Å²) in [6.45, 7) is 0. The summed E-state index contributed by atoms with van der Waals surface area (Å²) in [5.41, 5.74) is 4.10. The van der Waals surface area contributed by atoms with E-state index in [0.717, 1.165) is 11.3 Å². The van der Waals surface area contributed by atoms with Crippen molar-refractivity contribution in [2.45, 2.75) is 4.90 Å². The SMILES string of the molecule is N#Cc1ccccc1-c1cc(-c2ccc(Cl)cc2)n(-c2ccc(S(N)(=O)=O)cc2)n1. The summed E-state index contributed by atoms with van der Waals surface area (Å²) < 4.78 is 24.8. The summed E-state index contributed by atoms with van der Waals surface area (Å²) in [5.74, 6) is 0. The second-order valence-corrected chi connectivity index (χ2v) is 8.53. The summed E-state index contributed by atoms with van der Waals surface area (Å²) in [5, 5.41) is 20.0. The van der Waals surface area contributed by atoms with Crippen molar-refractivity contribution in [1.82, 2.24) is 9.78 Å². The molecule has 30 heavy (non-hydrogen) atoms. The molecule has 2 N–H and O–H groups in total. The summed E-state index contributed by atoms with van der Waals surface area (Å²) in [6, 6.07) is 24.7. The molecule has 0 saturated heterocycles.